The summed E-state index contributed by atoms with van der Waals surface area (Å²) >= 11 is 0. The molecule has 0 fully saturated rings. The molecule has 16 valence electrons. The van der Waals surface area contributed by atoms with Gasteiger partial charge in [-0.15, -0.1) is 0 Å². The summed E-state index contributed by atoms with van der Waals surface area (Å²) in [6, 6.07) is 0. The predicted molar refractivity (Wildman–Crippen MR) is 9.93 cm³/mol. The summed E-state index contributed by atoms with van der Waals surface area (Å²) in [4.78, 5) is 0. The summed E-state index contributed by atoms with van der Waals surface area (Å²) in [5, 5.41) is 6.99. The fourth-order valence-corrected chi connectivity index (χ4v) is 0. The third-order valence-corrected chi connectivity index (χ3v) is 0. The van der Waals surface area contributed by atoms with Crippen LogP contribution < -0.4 is 18.9 Å². The second-order valence-corrected chi connectivity index (χ2v) is 0.112. The van der Waals surface area contributed by atoms with Gasteiger partial charge in [-0.3, -0.25) is 0 Å². The number of hydrogen-bond acceptors (Lipinski definition) is 1. The molecule has 0 amide bonds. The molecule has 0 aliphatic heterocycles. The van der Waals surface area contributed by atoms with Crippen molar-refractivity contribution in [3.8, 4) is 6.19 Å². The van der Waals surface area contributed by atoms with E-state index in [0.717, 1.165) is 6.19 Å². The first-order valence-electron chi connectivity index (χ1n) is 0.474. The van der Waals surface area contributed by atoms with Crippen LogP contribution in [0.4, 0.5) is 0 Å². The summed E-state index contributed by atoms with van der Waals surface area (Å²) in [6.45, 7) is 0. The Bertz CT molecular complexity index is 27.5. The molecule has 0 aromatic heterocycles. The molecule has 0 heterocycles. The summed E-state index contributed by atoms with van der Waals surface area (Å²) in [5.74, 6) is 0. The molecule has 0 spiro atoms. The standard InChI is InChI=1S/CHN2.Li/c2-1-3;/h2H;/q-1;+1. The monoisotopic (exact) mass is 48.0 g/mol. The van der Waals surface area contributed by atoms with Crippen molar-refractivity contribution in [3.63, 3.8) is 0 Å². The van der Waals surface area contributed by atoms with Gasteiger partial charge in [0.25, 0.3) is 0 Å². The predicted octanol–water partition coefficient (Wildman–Crippen LogP) is -2.48. The molecule has 3 heteroatoms. The van der Waals surface area contributed by atoms with Crippen LogP contribution >= 0.6 is 0 Å². The van der Waals surface area contributed by atoms with Crippen molar-refractivity contribution in [2.75, 3.05) is 0 Å². The third-order valence-electron chi connectivity index (χ3n) is 0. The van der Waals surface area contributed by atoms with Crippen LogP contribution in [0.2, 0.25) is 0 Å². The van der Waals surface area contributed by atoms with Gasteiger partial charge in [0.05, 0.1) is 0 Å². The Kier molecular flexibility index (Phi) is 29.7. The van der Waals surface area contributed by atoms with E-state index in [1.807, 2.05) is 0 Å². The second kappa shape index (κ2) is 13.1. The van der Waals surface area contributed by atoms with Gasteiger partial charge < -0.3 is 11.0 Å². The summed E-state index contributed by atoms with van der Waals surface area (Å²) in [5.41, 5.74) is 5.51. The largest absolute Gasteiger partial charge is 1.00 e. The van der Waals surface area contributed by atoms with Crippen molar-refractivity contribution < 1.29 is 18.9 Å². The zero-order chi connectivity index (χ0) is 2.71. The summed E-state index contributed by atoms with van der Waals surface area (Å²) in [7, 11) is 0. The molecule has 0 bridgehead atoms. The van der Waals surface area contributed by atoms with Crippen molar-refractivity contribution in [2.45, 2.75) is 0 Å². The quantitative estimate of drug-likeness (QED) is 0.221. The van der Waals surface area contributed by atoms with Crippen molar-refractivity contribution in [1.82, 2.24) is 0 Å². The topological polar surface area (TPSA) is 47.6 Å². The fraction of sp³-hybridized carbons (Fsp3) is 0. The average molecular weight is 48.0 g/mol. The van der Waals surface area contributed by atoms with E-state index in [-0.39, 0.29) is 18.9 Å². The molecule has 0 aromatic carbocycles. The van der Waals surface area contributed by atoms with E-state index in [4.69, 9.17) is 11.0 Å². The van der Waals surface area contributed by atoms with Gasteiger partial charge in [0.1, 0.15) is 0 Å². The maximum Gasteiger partial charge on any atom is 1.00 e. The normalized spacial score (nSPS) is 1.75. The van der Waals surface area contributed by atoms with Gasteiger partial charge in [-0.25, -0.2) is 0 Å². The van der Waals surface area contributed by atoms with Gasteiger partial charge in [-0.1, -0.05) is 6.19 Å². The van der Waals surface area contributed by atoms with Gasteiger partial charge >= 0.3 is 18.9 Å². The van der Waals surface area contributed by atoms with Crippen molar-refractivity contribution in [3.05, 3.63) is 5.73 Å². The third kappa shape index (κ3) is 117. The molecule has 0 atom stereocenters. The molecule has 0 aliphatic carbocycles. The van der Waals surface area contributed by atoms with Crippen LogP contribution in [0.15, 0.2) is 0 Å². The molecule has 0 rings (SSSR count). The number of rotatable bonds is 0. The van der Waals surface area contributed by atoms with E-state index in [0.29, 0.717) is 0 Å². The molecule has 0 saturated carbocycles. The van der Waals surface area contributed by atoms with E-state index in [9.17, 15) is 0 Å². The Morgan fingerprint density at radius 1 is 1.75 bits per heavy atom. The van der Waals surface area contributed by atoms with Crippen LogP contribution in [0.5, 0.6) is 0 Å². The first-order chi connectivity index (χ1) is 1.41. The molecule has 1 N–H and O–H groups in total. The van der Waals surface area contributed by atoms with Gasteiger partial charge in [-0.2, -0.15) is 0 Å². The molecule has 0 saturated heterocycles. The molecule has 4 heavy (non-hydrogen) atoms. The first kappa shape index (κ1) is 9.10. The Morgan fingerprint density at radius 3 is 1.75 bits per heavy atom. The SMILES string of the molecule is N#C[NH-].[Li+]. The van der Waals surface area contributed by atoms with Gasteiger partial charge in [0.2, 0.25) is 0 Å². The van der Waals surface area contributed by atoms with E-state index >= 15 is 0 Å². The Balaban J connectivity index is 0. The Hall–Kier alpha value is -0.113. The fourth-order valence-electron chi connectivity index (χ4n) is 0. The van der Waals surface area contributed by atoms with E-state index in [1.54, 1.807) is 0 Å². The van der Waals surface area contributed by atoms with Gasteiger partial charge in [0, 0.05) is 0 Å². The number of nitriles is 1. The minimum atomic E-state index is 0. The maximum absolute atomic E-state index is 6.99. The minimum Gasteiger partial charge on any atom is -0.494 e. The van der Waals surface area contributed by atoms with E-state index in [2.05, 4.69) is 0 Å². The van der Waals surface area contributed by atoms with Crippen LogP contribution in [0.25, 0.3) is 5.73 Å². The van der Waals surface area contributed by atoms with Crippen molar-refractivity contribution in [2.24, 2.45) is 0 Å². The Labute approximate surface area is 36.8 Å². The van der Waals surface area contributed by atoms with Crippen LogP contribution in [0.1, 0.15) is 0 Å². The molecular formula is CHLiN2. The number of nitrogens with one attached hydrogen (secondary N) is 1. The van der Waals surface area contributed by atoms with Crippen LogP contribution in [0, 0.1) is 11.5 Å². The van der Waals surface area contributed by atoms with E-state index < -0.39 is 0 Å². The smallest absolute Gasteiger partial charge is 0.494 e. The van der Waals surface area contributed by atoms with Crippen molar-refractivity contribution in [1.29, 1.82) is 5.26 Å². The molecule has 0 aliphatic rings. The average Bonchev–Trinajstić information content (AvgIpc) is 0.918. The van der Waals surface area contributed by atoms with Gasteiger partial charge in [-0.05, 0) is 0 Å². The number of nitrogens with zero attached hydrogens (tertiary/aromatic N) is 1. The molecular weight excluding hydrogens is 47.0 g/mol. The van der Waals surface area contributed by atoms with Crippen LogP contribution in [-0.2, 0) is 0 Å². The van der Waals surface area contributed by atoms with E-state index in [1.165, 1.54) is 0 Å². The maximum atomic E-state index is 6.99. The van der Waals surface area contributed by atoms with Crippen LogP contribution in [0.3, 0.4) is 0 Å². The van der Waals surface area contributed by atoms with Crippen LogP contribution in [-0.4, -0.2) is 0 Å². The zero-order valence-electron chi connectivity index (χ0n) is 2.45. The molecule has 0 radical (unpaired) electrons. The summed E-state index contributed by atoms with van der Waals surface area (Å²) < 4.78 is 0. The zero-order valence-corrected chi connectivity index (χ0v) is 2.45. The Morgan fingerprint density at radius 2 is 1.75 bits per heavy atom. The number of hydrogen-bond donors (Lipinski definition) is 0. The molecule has 0 unspecified atom stereocenters. The molecule has 0 aromatic rings. The van der Waals surface area contributed by atoms with Gasteiger partial charge in [0.15, 0.2) is 0 Å². The second-order valence-electron chi connectivity index (χ2n) is 0.112. The molecule has 2 nitrogen and oxygen atoms in total. The first-order valence-corrected chi connectivity index (χ1v) is 0.474. The summed E-state index contributed by atoms with van der Waals surface area (Å²) in [6.07, 6.45) is 1.00. The minimum absolute atomic E-state index is 0. The van der Waals surface area contributed by atoms with Crippen molar-refractivity contribution >= 4 is 0 Å².